The molecule has 130 valence electrons. The number of hydrogen-bond acceptors (Lipinski definition) is 1. The van der Waals surface area contributed by atoms with Crippen LogP contribution in [0.3, 0.4) is 0 Å². The van der Waals surface area contributed by atoms with E-state index in [1.54, 1.807) is 0 Å². The fourth-order valence-electron chi connectivity index (χ4n) is 2.74. The topological polar surface area (TPSA) is 9.23 Å². The monoisotopic (exact) mass is 316 g/mol. The third-order valence-electron chi connectivity index (χ3n) is 4.18. The van der Waals surface area contributed by atoms with E-state index in [0.717, 1.165) is 25.2 Å². The van der Waals surface area contributed by atoms with Crippen molar-refractivity contribution < 1.29 is 4.74 Å². The van der Waals surface area contributed by atoms with Gasteiger partial charge in [0.2, 0.25) is 0 Å². The van der Waals surface area contributed by atoms with E-state index in [1.165, 1.54) is 16.7 Å². The minimum Gasteiger partial charge on any atom is -0.493 e. The van der Waals surface area contributed by atoms with E-state index in [1.807, 2.05) is 6.08 Å². The molecule has 1 rings (SSSR count). The second-order valence-electron chi connectivity index (χ2n) is 8.79. The lowest BCUT2D eigenvalue weighted by molar-refractivity contribution is 0.299. The smallest absolute Gasteiger partial charge is 0.126 e. The molecule has 0 aliphatic heterocycles. The van der Waals surface area contributed by atoms with Gasteiger partial charge < -0.3 is 4.74 Å². The van der Waals surface area contributed by atoms with E-state index in [2.05, 4.69) is 74.1 Å². The van der Waals surface area contributed by atoms with Crippen LogP contribution in [0.4, 0.5) is 0 Å². The number of benzene rings is 1. The molecule has 0 aliphatic carbocycles. The van der Waals surface area contributed by atoms with Crippen molar-refractivity contribution >= 4 is 0 Å². The average Bonchev–Trinajstić information content (AvgIpc) is 2.42. The quantitative estimate of drug-likeness (QED) is 0.549. The standard InChI is InChI=1S/C22H36O/c1-10-12-23-20-18(21(4,5)6)14-17(13-16(3)11-2)15-19(20)22(7,8)9/h11,14-16H,2,10,12-13H2,1,3-9H3. The van der Waals surface area contributed by atoms with Crippen molar-refractivity contribution in [3.8, 4) is 5.75 Å². The van der Waals surface area contributed by atoms with Crippen molar-refractivity contribution in [1.29, 1.82) is 0 Å². The Bertz CT molecular complexity index is 491. The summed E-state index contributed by atoms with van der Waals surface area (Å²) >= 11 is 0. The molecule has 0 radical (unpaired) electrons. The van der Waals surface area contributed by atoms with Crippen molar-refractivity contribution in [1.82, 2.24) is 0 Å². The maximum Gasteiger partial charge on any atom is 0.126 e. The molecule has 23 heavy (non-hydrogen) atoms. The predicted molar refractivity (Wildman–Crippen MR) is 103 cm³/mol. The Morgan fingerprint density at radius 2 is 1.52 bits per heavy atom. The first-order valence-electron chi connectivity index (χ1n) is 8.94. The Kier molecular flexibility index (Phi) is 6.50. The van der Waals surface area contributed by atoms with Gasteiger partial charge in [0, 0.05) is 11.1 Å². The summed E-state index contributed by atoms with van der Waals surface area (Å²) in [4.78, 5) is 0. The van der Waals surface area contributed by atoms with Gasteiger partial charge >= 0.3 is 0 Å². The molecule has 0 fully saturated rings. The van der Waals surface area contributed by atoms with Crippen molar-refractivity contribution in [2.45, 2.75) is 79.1 Å². The van der Waals surface area contributed by atoms with Crippen LogP contribution < -0.4 is 4.74 Å². The van der Waals surface area contributed by atoms with Crippen LogP contribution in [0.15, 0.2) is 24.8 Å². The zero-order chi connectivity index (χ0) is 17.8. The Balaban J connectivity index is 3.54. The van der Waals surface area contributed by atoms with Crippen LogP contribution in [0.5, 0.6) is 5.75 Å². The third-order valence-corrected chi connectivity index (χ3v) is 4.18. The minimum atomic E-state index is 0.0660. The molecule has 0 aromatic heterocycles. The maximum absolute atomic E-state index is 6.24. The Labute approximate surface area is 144 Å². The van der Waals surface area contributed by atoms with Crippen molar-refractivity contribution in [3.63, 3.8) is 0 Å². The highest BCUT2D eigenvalue weighted by Crippen LogP contribution is 2.41. The van der Waals surface area contributed by atoms with Gasteiger partial charge in [0.05, 0.1) is 6.61 Å². The van der Waals surface area contributed by atoms with Gasteiger partial charge in [-0.2, -0.15) is 0 Å². The van der Waals surface area contributed by atoms with E-state index < -0.39 is 0 Å². The van der Waals surface area contributed by atoms with E-state index in [-0.39, 0.29) is 10.8 Å². The lowest BCUT2D eigenvalue weighted by Crippen LogP contribution is -2.21. The first-order valence-corrected chi connectivity index (χ1v) is 8.94. The van der Waals surface area contributed by atoms with Crippen LogP contribution in [-0.4, -0.2) is 6.61 Å². The molecule has 0 heterocycles. The molecule has 1 aromatic carbocycles. The molecule has 1 atom stereocenters. The number of hydrogen-bond donors (Lipinski definition) is 0. The molecule has 0 saturated heterocycles. The normalized spacial score (nSPS) is 13.7. The molecule has 0 saturated carbocycles. The SMILES string of the molecule is C=CC(C)Cc1cc(C(C)(C)C)c(OCCC)c(C(C)(C)C)c1. The zero-order valence-corrected chi connectivity index (χ0v) is 16.5. The van der Waals surface area contributed by atoms with E-state index >= 15 is 0 Å². The predicted octanol–water partition coefficient (Wildman–Crippen LogP) is 6.44. The second kappa shape index (κ2) is 7.55. The molecule has 1 aromatic rings. The van der Waals surface area contributed by atoms with Crippen LogP contribution >= 0.6 is 0 Å². The van der Waals surface area contributed by atoms with Gasteiger partial charge in [-0.1, -0.05) is 73.6 Å². The molecule has 1 unspecified atom stereocenters. The molecule has 0 N–H and O–H groups in total. The number of allylic oxidation sites excluding steroid dienone is 1. The molecule has 0 aliphatic rings. The molecule has 1 nitrogen and oxygen atoms in total. The Hall–Kier alpha value is -1.24. The van der Waals surface area contributed by atoms with Crippen LogP contribution in [0.1, 0.15) is 78.5 Å². The zero-order valence-electron chi connectivity index (χ0n) is 16.5. The van der Waals surface area contributed by atoms with Gasteiger partial charge in [-0.05, 0) is 35.2 Å². The summed E-state index contributed by atoms with van der Waals surface area (Å²) in [6.45, 7) is 22.7. The van der Waals surface area contributed by atoms with Gasteiger partial charge in [0.1, 0.15) is 5.75 Å². The Morgan fingerprint density at radius 1 is 1.04 bits per heavy atom. The lowest BCUT2D eigenvalue weighted by Gasteiger charge is -2.31. The largest absolute Gasteiger partial charge is 0.493 e. The maximum atomic E-state index is 6.24. The summed E-state index contributed by atoms with van der Waals surface area (Å²) in [7, 11) is 0. The van der Waals surface area contributed by atoms with Gasteiger partial charge in [0.25, 0.3) is 0 Å². The van der Waals surface area contributed by atoms with Gasteiger partial charge in [-0.3, -0.25) is 0 Å². The van der Waals surface area contributed by atoms with Crippen LogP contribution in [-0.2, 0) is 17.3 Å². The first kappa shape index (κ1) is 19.8. The summed E-state index contributed by atoms with van der Waals surface area (Å²) < 4.78 is 6.24. The molecule has 0 amide bonds. The molecular weight excluding hydrogens is 280 g/mol. The highest BCUT2D eigenvalue weighted by atomic mass is 16.5. The van der Waals surface area contributed by atoms with E-state index in [0.29, 0.717) is 5.92 Å². The van der Waals surface area contributed by atoms with Crippen molar-refractivity contribution in [3.05, 3.63) is 41.5 Å². The summed E-state index contributed by atoms with van der Waals surface area (Å²) in [5.74, 6) is 1.58. The van der Waals surface area contributed by atoms with Crippen LogP contribution in [0.2, 0.25) is 0 Å². The lowest BCUT2D eigenvalue weighted by atomic mass is 9.77. The fourth-order valence-corrected chi connectivity index (χ4v) is 2.74. The summed E-state index contributed by atoms with van der Waals surface area (Å²) in [5, 5.41) is 0. The molecular formula is C22H36O. The highest BCUT2D eigenvalue weighted by molar-refractivity contribution is 5.51. The number of ether oxygens (including phenoxy) is 1. The van der Waals surface area contributed by atoms with Crippen molar-refractivity contribution in [2.75, 3.05) is 6.61 Å². The minimum absolute atomic E-state index is 0.0660. The Morgan fingerprint density at radius 3 is 1.87 bits per heavy atom. The van der Waals surface area contributed by atoms with E-state index in [9.17, 15) is 0 Å². The highest BCUT2D eigenvalue weighted by Gasteiger charge is 2.27. The summed E-state index contributed by atoms with van der Waals surface area (Å²) in [6, 6.07) is 4.69. The van der Waals surface area contributed by atoms with Crippen molar-refractivity contribution in [2.24, 2.45) is 5.92 Å². The molecule has 1 heteroatoms. The molecule has 0 spiro atoms. The fraction of sp³-hybridized carbons (Fsp3) is 0.636. The first-order chi connectivity index (χ1) is 10.5. The average molecular weight is 317 g/mol. The number of rotatable bonds is 6. The van der Waals surface area contributed by atoms with Gasteiger partial charge in [-0.25, -0.2) is 0 Å². The van der Waals surface area contributed by atoms with Crippen LogP contribution in [0, 0.1) is 5.92 Å². The van der Waals surface area contributed by atoms with Gasteiger partial charge in [-0.15, -0.1) is 6.58 Å². The van der Waals surface area contributed by atoms with Gasteiger partial charge in [0.15, 0.2) is 0 Å². The third kappa shape index (κ3) is 5.41. The molecule has 0 bridgehead atoms. The van der Waals surface area contributed by atoms with E-state index in [4.69, 9.17) is 4.74 Å². The summed E-state index contributed by atoms with van der Waals surface area (Å²) in [5.41, 5.74) is 4.16. The second-order valence-corrected chi connectivity index (χ2v) is 8.79. The van der Waals surface area contributed by atoms with Crippen LogP contribution in [0.25, 0.3) is 0 Å². The summed E-state index contributed by atoms with van der Waals surface area (Å²) in [6.07, 6.45) is 4.10.